The van der Waals surface area contributed by atoms with E-state index in [0.29, 0.717) is 6.10 Å². The maximum Gasteiger partial charge on any atom is 0.0982 e. The maximum absolute atomic E-state index is 5.85. The van der Waals surface area contributed by atoms with Crippen molar-refractivity contribution in [3.8, 4) is 0 Å². The Balaban J connectivity index is 1.74. The molecule has 2 heterocycles. The Hall–Kier alpha value is -0.490. The van der Waals surface area contributed by atoms with Crippen LogP contribution in [-0.2, 0) is 16.7 Å². The lowest BCUT2D eigenvalue weighted by Gasteiger charge is -2.31. The quantitative estimate of drug-likeness (QED) is 0.821. The van der Waals surface area contributed by atoms with E-state index in [-0.39, 0.29) is 5.41 Å². The van der Waals surface area contributed by atoms with Gasteiger partial charge in [-0.1, -0.05) is 20.8 Å². The lowest BCUT2D eigenvalue weighted by Crippen LogP contribution is -2.36. The van der Waals surface area contributed by atoms with E-state index in [4.69, 9.17) is 15.5 Å². The molecule has 0 radical (unpaired) electrons. The Morgan fingerprint density at radius 2 is 2.10 bits per heavy atom. The van der Waals surface area contributed by atoms with Crippen LogP contribution in [0.2, 0.25) is 0 Å². The summed E-state index contributed by atoms with van der Waals surface area (Å²) in [6.07, 6.45) is 3.64. The Labute approximate surface area is 132 Å². The first-order chi connectivity index (χ1) is 9.99. The summed E-state index contributed by atoms with van der Waals surface area (Å²) in [5.41, 5.74) is 6.87. The zero-order chi connectivity index (χ0) is 15.3. The van der Waals surface area contributed by atoms with E-state index < -0.39 is 0 Å². The highest BCUT2D eigenvalue weighted by molar-refractivity contribution is 7.09. The van der Waals surface area contributed by atoms with E-state index in [1.54, 1.807) is 11.3 Å². The molecule has 1 aliphatic heterocycles. The molecule has 0 spiro atoms. The second kappa shape index (κ2) is 7.68. The van der Waals surface area contributed by atoms with Gasteiger partial charge in [0.05, 0.1) is 16.8 Å². The number of piperidine rings is 1. The van der Waals surface area contributed by atoms with Crippen molar-refractivity contribution in [2.45, 2.75) is 58.1 Å². The van der Waals surface area contributed by atoms with Crippen LogP contribution in [0.1, 0.15) is 50.7 Å². The number of aromatic nitrogens is 1. The predicted octanol–water partition coefficient (Wildman–Crippen LogP) is 2.77. The van der Waals surface area contributed by atoms with Crippen molar-refractivity contribution in [2.24, 2.45) is 5.73 Å². The van der Waals surface area contributed by atoms with Gasteiger partial charge >= 0.3 is 0 Å². The summed E-state index contributed by atoms with van der Waals surface area (Å²) in [5.74, 6) is 0. The number of nitrogens with two attached hydrogens (primary N) is 1. The van der Waals surface area contributed by atoms with Gasteiger partial charge < -0.3 is 10.5 Å². The molecule has 0 amide bonds. The monoisotopic (exact) mass is 311 g/mol. The second-order valence-corrected chi connectivity index (χ2v) is 7.74. The molecule has 5 heteroatoms. The van der Waals surface area contributed by atoms with Crippen LogP contribution in [-0.4, -0.2) is 42.2 Å². The van der Waals surface area contributed by atoms with Crippen LogP contribution in [0.25, 0.3) is 0 Å². The SMILES string of the molecule is CC(C)(C)c1nc(CN2CCC(OCCCN)CC2)cs1. The van der Waals surface area contributed by atoms with Crippen molar-refractivity contribution in [3.63, 3.8) is 0 Å². The minimum Gasteiger partial charge on any atom is -0.378 e. The normalized spacial score (nSPS) is 18.3. The Kier molecular flexibility index (Phi) is 6.17. The van der Waals surface area contributed by atoms with Gasteiger partial charge in [0.1, 0.15) is 0 Å². The molecule has 0 aromatic carbocycles. The first kappa shape index (κ1) is 16.9. The van der Waals surface area contributed by atoms with Gasteiger partial charge in [-0.25, -0.2) is 4.98 Å². The number of hydrogen-bond donors (Lipinski definition) is 1. The third kappa shape index (κ3) is 5.33. The molecule has 1 aliphatic rings. The summed E-state index contributed by atoms with van der Waals surface area (Å²) in [6, 6.07) is 0. The third-order valence-corrected chi connectivity index (χ3v) is 5.13. The van der Waals surface area contributed by atoms with E-state index in [0.717, 1.165) is 52.0 Å². The predicted molar refractivity (Wildman–Crippen MR) is 88.7 cm³/mol. The average molecular weight is 311 g/mol. The topological polar surface area (TPSA) is 51.4 Å². The van der Waals surface area contributed by atoms with Crippen LogP contribution in [0.15, 0.2) is 5.38 Å². The average Bonchev–Trinajstić information content (AvgIpc) is 2.90. The van der Waals surface area contributed by atoms with Gasteiger partial charge in [-0.15, -0.1) is 11.3 Å². The zero-order valence-electron chi connectivity index (χ0n) is 13.6. The summed E-state index contributed by atoms with van der Waals surface area (Å²) < 4.78 is 5.85. The van der Waals surface area contributed by atoms with Gasteiger partial charge in [0.15, 0.2) is 0 Å². The standard InChI is InChI=1S/C16H29N3OS/c1-16(2,3)15-18-13(12-21-15)11-19-8-5-14(6-9-19)20-10-4-7-17/h12,14H,4-11,17H2,1-3H3. The zero-order valence-corrected chi connectivity index (χ0v) is 14.4. The van der Waals surface area contributed by atoms with Crippen LogP contribution in [0.5, 0.6) is 0 Å². The van der Waals surface area contributed by atoms with E-state index in [1.807, 2.05) is 0 Å². The maximum atomic E-state index is 5.85. The highest BCUT2D eigenvalue weighted by Crippen LogP contribution is 2.26. The summed E-state index contributed by atoms with van der Waals surface area (Å²) in [4.78, 5) is 7.28. The molecular weight excluding hydrogens is 282 g/mol. The third-order valence-electron chi connectivity index (χ3n) is 3.82. The van der Waals surface area contributed by atoms with E-state index >= 15 is 0 Å². The molecule has 2 rings (SSSR count). The van der Waals surface area contributed by atoms with Crippen molar-refractivity contribution in [2.75, 3.05) is 26.2 Å². The fourth-order valence-corrected chi connectivity index (χ4v) is 3.42. The van der Waals surface area contributed by atoms with Crippen LogP contribution in [0, 0.1) is 0 Å². The first-order valence-electron chi connectivity index (χ1n) is 7.98. The van der Waals surface area contributed by atoms with E-state index in [1.165, 1.54) is 10.7 Å². The molecule has 1 saturated heterocycles. The highest BCUT2D eigenvalue weighted by Gasteiger charge is 2.22. The summed E-state index contributed by atoms with van der Waals surface area (Å²) in [7, 11) is 0. The van der Waals surface area contributed by atoms with Crippen molar-refractivity contribution < 1.29 is 4.74 Å². The molecule has 2 N–H and O–H groups in total. The molecule has 1 aromatic rings. The molecule has 4 nitrogen and oxygen atoms in total. The second-order valence-electron chi connectivity index (χ2n) is 6.88. The van der Waals surface area contributed by atoms with Crippen molar-refractivity contribution in [1.82, 2.24) is 9.88 Å². The van der Waals surface area contributed by atoms with Gasteiger partial charge in [-0.3, -0.25) is 4.90 Å². The Morgan fingerprint density at radius 3 is 2.67 bits per heavy atom. The van der Waals surface area contributed by atoms with Crippen molar-refractivity contribution in [3.05, 3.63) is 16.1 Å². The molecule has 0 atom stereocenters. The molecule has 1 fully saturated rings. The fourth-order valence-electron chi connectivity index (χ4n) is 2.52. The van der Waals surface area contributed by atoms with Gasteiger partial charge in [0.2, 0.25) is 0 Å². The minimum atomic E-state index is 0.159. The number of ether oxygens (including phenoxy) is 1. The van der Waals surface area contributed by atoms with Crippen LogP contribution in [0.3, 0.4) is 0 Å². The van der Waals surface area contributed by atoms with Crippen molar-refractivity contribution >= 4 is 11.3 Å². The Morgan fingerprint density at radius 1 is 1.38 bits per heavy atom. The number of thiazole rings is 1. The molecule has 0 bridgehead atoms. The van der Waals surface area contributed by atoms with Crippen LogP contribution < -0.4 is 5.73 Å². The van der Waals surface area contributed by atoms with Crippen molar-refractivity contribution in [1.29, 1.82) is 0 Å². The number of nitrogens with zero attached hydrogens (tertiary/aromatic N) is 2. The van der Waals surface area contributed by atoms with E-state index in [9.17, 15) is 0 Å². The lowest BCUT2D eigenvalue weighted by molar-refractivity contribution is 0.00542. The molecule has 120 valence electrons. The fraction of sp³-hybridized carbons (Fsp3) is 0.812. The minimum absolute atomic E-state index is 0.159. The van der Waals surface area contributed by atoms with Gasteiger partial charge in [0.25, 0.3) is 0 Å². The number of hydrogen-bond acceptors (Lipinski definition) is 5. The van der Waals surface area contributed by atoms with Gasteiger partial charge in [-0.05, 0) is 25.8 Å². The summed E-state index contributed by atoms with van der Waals surface area (Å²) in [6.45, 7) is 11.4. The lowest BCUT2D eigenvalue weighted by atomic mass is 9.98. The molecule has 0 saturated carbocycles. The Bertz CT molecular complexity index is 419. The molecular formula is C16H29N3OS. The van der Waals surface area contributed by atoms with Gasteiger partial charge in [-0.2, -0.15) is 0 Å². The van der Waals surface area contributed by atoms with E-state index in [2.05, 4.69) is 31.1 Å². The number of rotatable bonds is 6. The molecule has 1 aromatic heterocycles. The highest BCUT2D eigenvalue weighted by atomic mass is 32.1. The summed E-state index contributed by atoms with van der Waals surface area (Å²) >= 11 is 1.78. The molecule has 21 heavy (non-hydrogen) atoms. The summed E-state index contributed by atoms with van der Waals surface area (Å²) in [5, 5.41) is 3.45. The van der Waals surface area contributed by atoms with Gasteiger partial charge in [0, 0.05) is 37.0 Å². The number of likely N-dealkylation sites (tertiary alicyclic amines) is 1. The molecule has 0 unspecified atom stereocenters. The van der Waals surface area contributed by atoms with Crippen LogP contribution in [0.4, 0.5) is 0 Å². The first-order valence-corrected chi connectivity index (χ1v) is 8.86. The van der Waals surface area contributed by atoms with Crippen LogP contribution >= 0.6 is 11.3 Å². The molecule has 0 aliphatic carbocycles. The smallest absolute Gasteiger partial charge is 0.0982 e. The largest absolute Gasteiger partial charge is 0.378 e.